The summed E-state index contributed by atoms with van der Waals surface area (Å²) < 4.78 is 15.3. The molecule has 622 valence electrons. The van der Waals surface area contributed by atoms with Crippen molar-refractivity contribution in [3.63, 3.8) is 0 Å². The van der Waals surface area contributed by atoms with E-state index in [4.69, 9.17) is 79.2 Å². The van der Waals surface area contributed by atoms with Crippen LogP contribution in [0.2, 0.25) is 0 Å². The van der Waals surface area contributed by atoms with Crippen LogP contribution in [0.15, 0.2) is 255 Å². The minimum atomic E-state index is 0.351. The third kappa shape index (κ3) is 22.5. The number of hydrogen-bond donors (Lipinski definition) is 10. The van der Waals surface area contributed by atoms with Gasteiger partial charge in [-0.3, -0.25) is 0 Å². The number of para-hydroxylation sites is 1. The van der Waals surface area contributed by atoms with Crippen molar-refractivity contribution in [3.05, 3.63) is 339 Å². The highest BCUT2D eigenvalue weighted by molar-refractivity contribution is 6.17. The van der Waals surface area contributed by atoms with Crippen molar-refractivity contribution < 1.29 is 9.47 Å². The van der Waals surface area contributed by atoms with E-state index in [0.29, 0.717) is 126 Å². The summed E-state index contributed by atoms with van der Waals surface area (Å²) in [4.78, 5) is 10.5. The van der Waals surface area contributed by atoms with Gasteiger partial charge in [0.15, 0.2) is 5.69 Å². The Bertz CT molecular complexity index is 5400. The Morgan fingerprint density at radius 3 is 1.27 bits per heavy atom. The topological polar surface area (TPSA) is 296 Å². The highest BCUT2D eigenvalue weighted by Crippen LogP contribution is 2.47. The molecule has 120 heavy (non-hydrogen) atoms. The molecule has 0 spiro atoms. The first kappa shape index (κ1) is 84.8. The van der Waals surface area contributed by atoms with Gasteiger partial charge in [-0.2, -0.15) is 0 Å². The van der Waals surface area contributed by atoms with Crippen molar-refractivity contribution in [1.29, 1.82) is 0 Å². The summed E-state index contributed by atoms with van der Waals surface area (Å²) in [6, 6.07) is 84.8. The van der Waals surface area contributed by atoms with Gasteiger partial charge in [0.25, 0.3) is 0 Å². The largest absolute Gasteiger partial charge is 0.494 e. The molecule has 17 heteroatoms. The fourth-order valence-corrected chi connectivity index (χ4v) is 16.5. The molecule has 10 aliphatic rings. The lowest BCUT2D eigenvalue weighted by molar-refractivity contribution is 0.318. The average Bonchev–Trinajstić information content (AvgIpc) is 1.59. The van der Waals surface area contributed by atoms with Crippen LogP contribution in [0.3, 0.4) is 0 Å². The molecule has 18 unspecified atom stereocenters. The second-order valence-corrected chi connectivity index (χ2v) is 35.2. The van der Waals surface area contributed by atoms with Gasteiger partial charge in [0.05, 0.1) is 26.1 Å². The monoisotopic (exact) mass is 1620 g/mol. The number of fused-ring (bicyclic) bond motifs is 5. The second kappa shape index (κ2) is 38.7. The van der Waals surface area contributed by atoms with E-state index in [2.05, 4.69) is 241 Å². The van der Waals surface area contributed by atoms with Gasteiger partial charge in [0.2, 0.25) is 0 Å². The van der Waals surface area contributed by atoms with Gasteiger partial charge >= 0.3 is 0 Å². The maximum absolute atomic E-state index is 6.78. The summed E-state index contributed by atoms with van der Waals surface area (Å²) >= 11 is 5.56. The van der Waals surface area contributed by atoms with Crippen LogP contribution < -0.4 is 61.1 Å². The van der Waals surface area contributed by atoms with E-state index < -0.39 is 0 Å². The Kier molecular flexibility index (Phi) is 27.3. The molecule has 9 saturated carbocycles. The molecule has 23 rings (SSSR count). The Morgan fingerprint density at radius 1 is 0.450 bits per heavy atom. The third-order valence-corrected chi connectivity index (χ3v) is 25.5. The minimum absolute atomic E-state index is 0.351. The molecule has 13 aromatic rings. The number of hydrogen-bond acceptors (Lipinski definition) is 12. The van der Waals surface area contributed by atoms with Gasteiger partial charge < -0.3 is 75.2 Å². The Hall–Kier alpha value is -10.2. The van der Waals surface area contributed by atoms with Crippen LogP contribution in [0.1, 0.15) is 197 Å². The predicted molar refractivity (Wildman–Crippen MR) is 494 cm³/mol. The fourth-order valence-electron chi connectivity index (χ4n) is 16.4. The molecule has 0 bridgehead atoms. The summed E-state index contributed by atoms with van der Waals surface area (Å²) in [5.41, 5.74) is 75.5. The van der Waals surface area contributed by atoms with Gasteiger partial charge in [-0.05, 0) is 220 Å². The summed E-state index contributed by atoms with van der Waals surface area (Å²) in [6.07, 6.45) is 19.7. The number of nitrogens with one attached hydrogen (secondary N) is 1. The van der Waals surface area contributed by atoms with Crippen molar-refractivity contribution in [1.82, 2.24) is 19.1 Å². The van der Waals surface area contributed by atoms with Crippen molar-refractivity contribution >= 4 is 50.0 Å². The first-order chi connectivity index (χ1) is 58.3. The summed E-state index contributed by atoms with van der Waals surface area (Å²) in [5.74, 6) is 8.08. The number of aryl methyl sites for hydroxylation is 4. The Balaban J connectivity index is 0.000000106. The highest BCUT2D eigenvalue weighted by Gasteiger charge is 2.40. The second-order valence-electron chi connectivity index (χ2n) is 34.8. The SMILES string of the molecule is CCn1c2ccccc2c2cc(C3CC3N)ccc21.Cc1ccc(C2CC2N)cc1.Cc1ccc(C2CC2N)cc1.Cc1ccc(C2CC2N)cc1.NC1CC1c1ccc(-n2ccnc2)cc1.NC1CC1c1ccc(OCCCCl)cc1.NC1CC1c1ccc2[nH]ccc2c1.NC1CC1c1ccc2c(c1)CCO2.[C-]#[N+]c1ccc(C2CC2N)cc1. The van der Waals surface area contributed by atoms with E-state index in [9.17, 15) is 0 Å². The Morgan fingerprint density at radius 2 is 0.842 bits per heavy atom. The lowest BCUT2D eigenvalue weighted by atomic mass is 10.1. The summed E-state index contributed by atoms with van der Waals surface area (Å²) in [7, 11) is 0. The summed E-state index contributed by atoms with van der Waals surface area (Å²) in [5, 5.41) is 4.01. The third-order valence-electron chi connectivity index (χ3n) is 25.2. The maximum atomic E-state index is 6.78. The van der Waals surface area contributed by atoms with E-state index in [1.165, 1.54) is 124 Å². The quantitative estimate of drug-likeness (QED) is 0.0260. The maximum Gasteiger partial charge on any atom is 0.187 e. The first-order valence-electron chi connectivity index (χ1n) is 43.4. The zero-order valence-electron chi connectivity index (χ0n) is 69.9. The molecule has 9 fully saturated rings. The molecule has 4 heterocycles. The van der Waals surface area contributed by atoms with Crippen LogP contribution in [-0.2, 0) is 13.0 Å². The number of nitrogens with two attached hydrogens (primary N) is 9. The molecule has 19 N–H and O–H groups in total. The highest BCUT2D eigenvalue weighted by atomic mass is 35.5. The zero-order valence-corrected chi connectivity index (χ0v) is 70.7. The number of benzene rings is 10. The van der Waals surface area contributed by atoms with Gasteiger partial charge in [-0.1, -0.05) is 180 Å². The van der Waals surface area contributed by atoms with Gasteiger partial charge in [-0.15, -0.1) is 11.6 Å². The van der Waals surface area contributed by atoms with Crippen LogP contribution in [0, 0.1) is 27.3 Å². The summed E-state index contributed by atoms with van der Waals surface area (Å²) in [6.45, 7) is 17.8. The zero-order chi connectivity index (χ0) is 83.7. The van der Waals surface area contributed by atoms with E-state index in [-0.39, 0.29) is 0 Å². The van der Waals surface area contributed by atoms with Crippen LogP contribution in [0.25, 0.3) is 43.2 Å². The van der Waals surface area contributed by atoms with Crippen LogP contribution >= 0.6 is 11.6 Å². The van der Waals surface area contributed by atoms with Gasteiger partial charge in [0.1, 0.15) is 11.5 Å². The number of nitrogens with zero attached hydrogens (tertiary/aromatic N) is 4. The number of aromatic amines is 1. The van der Waals surface area contributed by atoms with Crippen LogP contribution in [0.4, 0.5) is 5.69 Å². The predicted octanol–water partition coefficient (Wildman–Crippen LogP) is 18.7. The smallest absolute Gasteiger partial charge is 0.187 e. The number of aromatic nitrogens is 4. The van der Waals surface area contributed by atoms with Crippen LogP contribution in [0.5, 0.6) is 11.5 Å². The van der Waals surface area contributed by atoms with Crippen molar-refractivity contribution in [2.45, 2.75) is 213 Å². The molecular formula is C103H121ClN14O2. The lowest BCUT2D eigenvalue weighted by Crippen LogP contribution is -2.01. The molecule has 0 saturated heterocycles. The van der Waals surface area contributed by atoms with Gasteiger partial charge in [0, 0.05) is 178 Å². The molecule has 0 amide bonds. The van der Waals surface area contributed by atoms with Crippen molar-refractivity contribution in [2.75, 3.05) is 19.1 Å². The first-order valence-corrected chi connectivity index (χ1v) is 44.0. The van der Waals surface area contributed by atoms with E-state index in [1.807, 2.05) is 53.4 Å². The van der Waals surface area contributed by atoms with E-state index >= 15 is 0 Å². The fraction of sp³-hybridized carbons (Fsp3) is 0.359. The minimum Gasteiger partial charge on any atom is -0.494 e. The number of alkyl halides is 1. The van der Waals surface area contributed by atoms with Crippen molar-refractivity contribution in [3.8, 4) is 17.2 Å². The Labute approximate surface area is 713 Å². The number of rotatable bonds is 15. The number of H-pyrrole nitrogens is 1. The number of imidazole rings is 1. The van der Waals surface area contributed by atoms with Crippen LogP contribution in [-0.4, -0.2) is 92.6 Å². The van der Waals surface area contributed by atoms with Crippen molar-refractivity contribution in [2.24, 2.45) is 51.6 Å². The number of ether oxygens (including phenoxy) is 2. The molecule has 0 radical (unpaired) electrons. The van der Waals surface area contributed by atoms with E-state index in [1.54, 1.807) is 12.5 Å². The van der Waals surface area contributed by atoms with Gasteiger partial charge in [-0.25, -0.2) is 9.83 Å². The number of halogens is 1. The standard InChI is InChI=1S/C17H18N2.C12H16ClNO.C12H13N3.C11H12N2.C11H13NO.C10H10N2.3C10H13N/c1-2-19-16-6-4-3-5-12(16)14-9-11(7-8-17(14)19)13-10-15(13)18;13-6-1-7-15-10-4-2-9(3-5-10)11-8-12(11)14;13-12-7-11(12)9-1-3-10(4-2-9)15-6-5-14-8-15;2*12-10-6-9(10)7-1-2-11-8(5-7)3-4-13-11;1-12-8-4-2-7(3-5-8)9-6-10(9)11;3*1-7-2-4-8(5-3-7)9-6-10(9)11/h3-9,13,15H,2,10,18H2,1H3;2-5,11-12H,1,6-8,14H2;1-6,8,11-12H,7,13H2;1-5,9-10,13H,6,12H2;1-2,5,9-10H,3-4,6,12H2;2-5,9-10H,6,11H2;3*2-5,9-10H,6,11H2,1H3. The molecule has 10 aromatic carbocycles. The molecule has 3 aromatic heterocycles. The lowest BCUT2D eigenvalue weighted by Gasteiger charge is -2.05. The molecule has 9 aliphatic carbocycles. The molecule has 18 atom stereocenters. The normalized spacial score (nSPS) is 26.1. The molecule has 16 nitrogen and oxygen atoms in total. The molecular weight excluding hydrogens is 1500 g/mol. The molecule has 1 aliphatic heterocycles. The average molecular weight is 1620 g/mol. The van der Waals surface area contributed by atoms with E-state index in [0.717, 1.165) is 81.7 Å².